The van der Waals surface area contributed by atoms with E-state index in [0.29, 0.717) is 22.3 Å². The summed E-state index contributed by atoms with van der Waals surface area (Å²) >= 11 is 0. The molecule has 6 N–H and O–H groups in total. The van der Waals surface area contributed by atoms with Gasteiger partial charge in [0.2, 0.25) is 0 Å². The maximum atomic E-state index is 12.6. The molecule has 0 aliphatic carbocycles. The van der Waals surface area contributed by atoms with Gasteiger partial charge in [-0.2, -0.15) is 0 Å². The first-order valence-corrected chi connectivity index (χ1v) is 8.33. The summed E-state index contributed by atoms with van der Waals surface area (Å²) in [5.41, 5.74) is 13.0. The molecule has 1 amide bonds. The summed E-state index contributed by atoms with van der Waals surface area (Å²) in [5, 5.41) is 10.8. The monoisotopic (exact) mass is 343 g/mol. The summed E-state index contributed by atoms with van der Waals surface area (Å²) < 4.78 is 1.99. The minimum absolute atomic E-state index is 0.0816. The number of amidine groups is 1. The van der Waals surface area contributed by atoms with E-state index in [0.717, 1.165) is 19.3 Å². The molecule has 134 valence electrons. The maximum Gasteiger partial charge on any atom is 0.259 e. The number of hydrogen-bond acceptors (Lipinski definition) is 6. The molecule has 1 atom stereocenters. The largest absolute Gasteiger partial charge is 0.402 e. The smallest absolute Gasteiger partial charge is 0.259 e. The van der Waals surface area contributed by atoms with Crippen molar-refractivity contribution in [2.75, 3.05) is 5.73 Å². The van der Waals surface area contributed by atoms with Crippen molar-refractivity contribution < 1.29 is 4.79 Å². The highest BCUT2D eigenvalue weighted by Gasteiger charge is 2.22. The Bertz CT molecular complexity index is 818. The van der Waals surface area contributed by atoms with Crippen molar-refractivity contribution >= 4 is 28.6 Å². The van der Waals surface area contributed by atoms with E-state index in [-0.39, 0.29) is 17.7 Å². The van der Waals surface area contributed by atoms with Gasteiger partial charge in [0.1, 0.15) is 23.6 Å². The highest BCUT2D eigenvalue weighted by atomic mass is 16.1. The van der Waals surface area contributed by atoms with Crippen LogP contribution in [-0.4, -0.2) is 26.3 Å². The highest BCUT2D eigenvalue weighted by molar-refractivity contribution is 6.16. The second-order valence-electron chi connectivity index (χ2n) is 6.01. The number of anilines is 1. The number of allylic oxidation sites excluding steroid dienone is 1. The van der Waals surface area contributed by atoms with Crippen LogP contribution in [0.4, 0.5) is 5.82 Å². The number of nitrogens with one attached hydrogen (secondary N) is 2. The maximum absolute atomic E-state index is 12.6. The Morgan fingerprint density at radius 1 is 1.44 bits per heavy atom. The average Bonchev–Trinajstić information content (AvgIpc) is 2.92. The fourth-order valence-corrected chi connectivity index (χ4v) is 2.89. The summed E-state index contributed by atoms with van der Waals surface area (Å²) in [5.74, 6) is -0.265. The summed E-state index contributed by atoms with van der Waals surface area (Å²) in [7, 11) is 0. The number of rotatable bonds is 6. The number of aromatic nitrogens is 3. The number of carbonyl (C=O) groups excluding carboxylic acids is 1. The van der Waals surface area contributed by atoms with E-state index in [2.05, 4.69) is 29.1 Å². The van der Waals surface area contributed by atoms with Crippen molar-refractivity contribution in [1.29, 1.82) is 5.41 Å². The van der Waals surface area contributed by atoms with E-state index in [1.165, 1.54) is 12.4 Å². The lowest BCUT2D eigenvalue weighted by molar-refractivity contribution is 0.0978. The molecule has 8 heteroatoms. The zero-order valence-corrected chi connectivity index (χ0v) is 14.8. The Morgan fingerprint density at radius 2 is 2.16 bits per heavy atom. The molecule has 0 aliphatic rings. The SMILES string of the molecule is CCCC(CC)n1cc(C(=O)NC(=N)/C=C(/C)N)c2c(N)ncnc21. The molecule has 0 saturated carbocycles. The number of hydrogen-bond donors (Lipinski definition) is 4. The minimum atomic E-state index is -0.431. The third-order valence-electron chi connectivity index (χ3n) is 3.99. The second-order valence-corrected chi connectivity index (χ2v) is 6.01. The van der Waals surface area contributed by atoms with Gasteiger partial charge in [-0.25, -0.2) is 9.97 Å². The van der Waals surface area contributed by atoms with E-state index >= 15 is 0 Å². The van der Waals surface area contributed by atoms with Crippen molar-refractivity contribution in [1.82, 2.24) is 19.9 Å². The van der Waals surface area contributed by atoms with Gasteiger partial charge in [0.25, 0.3) is 5.91 Å². The number of fused-ring (bicyclic) bond motifs is 1. The molecule has 1 unspecified atom stereocenters. The minimum Gasteiger partial charge on any atom is -0.402 e. The van der Waals surface area contributed by atoms with Gasteiger partial charge < -0.3 is 21.4 Å². The van der Waals surface area contributed by atoms with Gasteiger partial charge in [0.15, 0.2) is 0 Å². The molecular weight excluding hydrogens is 318 g/mol. The van der Waals surface area contributed by atoms with Gasteiger partial charge in [0, 0.05) is 17.9 Å². The van der Waals surface area contributed by atoms with Gasteiger partial charge in [-0.1, -0.05) is 20.3 Å². The van der Waals surface area contributed by atoms with Crippen LogP contribution in [0, 0.1) is 5.41 Å². The van der Waals surface area contributed by atoms with Crippen LogP contribution < -0.4 is 16.8 Å². The fraction of sp³-hybridized carbons (Fsp3) is 0.412. The molecule has 0 aromatic carbocycles. The van der Waals surface area contributed by atoms with E-state index < -0.39 is 5.91 Å². The van der Waals surface area contributed by atoms with E-state index in [4.69, 9.17) is 16.9 Å². The predicted octanol–water partition coefficient (Wildman–Crippen LogP) is 2.33. The van der Waals surface area contributed by atoms with E-state index in [1.807, 2.05) is 4.57 Å². The van der Waals surface area contributed by atoms with Crippen LogP contribution in [0.1, 0.15) is 56.4 Å². The fourth-order valence-electron chi connectivity index (χ4n) is 2.89. The molecule has 2 aromatic heterocycles. The quantitative estimate of drug-likeness (QED) is 0.471. The van der Waals surface area contributed by atoms with Gasteiger partial charge in [-0.05, 0) is 25.8 Å². The Kier molecular flexibility index (Phi) is 5.74. The first-order valence-electron chi connectivity index (χ1n) is 8.33. The Labute approximate surface area is 146 Å². The predicted molar refractivity (Wildman–Crippen MR) is 99.3 cm³/mol. The van der Waals surface area contributed by atoms with Crippen LogP contribution in [0.3, 0.4) is 0 Å². The van der Waals surface area contributed by atoms with Crippen LogP contribution in [-0.2, 0) is 0 Å². The first kappa shape index (κ1) is 18.4. The van der Waals surface area contributed by atoms with Gasteiger partial charge in [-0.15, -0.1) is 0 Å². The normalized spacial score (nSPS) is 13.0. The Balaban J connectivity index is 2.51. The van der Waals surface area contributed by atoms with Crippen LogP contribution in [0.5, 0.6) is 0 Å². The second kappa shape index (κ2) is 7.78. The third-order valence-corrected chi connectivity index (χ3v) is 3.99. The summed E-state index contributed by atoms with van der Waals surface area (Å²) in [6.07, 6.45) is 7.43. The van der Waals surface area contributed by atoms with Crippen LogP contribution >= 0.6 is 0 Å². The van der Waals surface area contributed by atoms with Gasteiger partial charge in [0.05, 0.1) is 10.9 Å². The molecule has 8 nitrogen and oxygen atoms in total. The van der Waals surface area contributed by atoms with Crippen molar-refractivity contribution in [3.63, 3.8) is 0 Å². The molecule has 2 aromatic rings. The third kappa shape index (κ3) is 3.96. The molecule has 0 bridgehead atoms. The molecule has 2 heterocycles. The Morgan fingerprint density at radius 3 is 2.76 bits per heavy atom. The molecule has 0 aliphatic heterocycles. The Hall–Kier alpha value is -2.90. The highest BCUT2D eigenvalue weighted by Crippen LogP contribution is 2.29. The molecule has 2 rings (SSSR count). The van der Waals surface area contributed by atoms with Gasteiger partial charge in [-0.3, -0.25) is 10.2 Å². The summed E-state index contributed by atoms with van der Waals surface area (Å²) in [4.78, 5) is 21.0. The molecule has 0 spiro atoms. The zero-order chi connectivity index (χ0) is 18.6. The number of nitrogen functional groups attached to an aromatic ring is 1. The van der Waals surface area contributed by atoms with E-state index in [9.17, 15) is 4.79 Å². The number of amides is 1. The van der Waals surface area contributed by atoms with Crippen LogP contribution in [0.2, 0.25) is 0 Å². The number of carbonyl (C=O) groups is 1. The zero-order valence-electron chi connectivity index (χ0n) is 14.8. The number of nitrogens with two attached hydrogens (primary N) is 2. The van der Waals surface area contributed by atoms with Crippen molar-refractivity contribution in [2.45, 2.75) is 46.1 Å². The molecule has 0 radical (unpaired) electrons. The van der Waals surface area contributed by atoms with Crippen molar-refractivity contribution in [2.24, 2.45) is 5.73 Å². The molecule has 25 heavy (non-hydrogen) atoms. The lowest BCUT2D eigenvalue weighted by atomic mass is 10.1. The number of nitrogens with zero attached hydrogens (tertiary/aromatic N) is 3. The standard InChI is InChI=1S/C17H25N7O/c1-4-6-11(5-2)24-8-12(14-15(20)21-9-22-16(14)24)17(25)23-13(19)7-10(3)18/h7-9,11H,4-6,18H2,1-3H3,(H2,19,23,25)(H2,20,21,22)/b10-7-. The molecule has 0 fully saturated rings. The summed E-state index contributed by atoms with van der Waals surface area (Å²) in [6.45, 7) is 5.87. The van der Waals surface area contributed by atoms with Crippen LogP contribution in [0.25, 0.3) is 11.0 Å². The van der Waals surface area contributed by atoms with Gasteiger partial charge >= 0.3 is 0 Å². The average molecular weight is 343 g/mol. The molecule has 0 saturated heterocycles. The summed E-state index contributed by atoms with van der Waals surface area (Å²) in [6, 6.07) is 0.217. The lowest BCUT2D eigenvalue weighted by Gasteiger charge is -2.16. The lowest BCUT2D eigenvalue weighted by Crippen LogP contribution is -2.29. The first-order chi connectivity index (χ1) is 11.9. The topological polar surface area (TPSA) is 136 Å². The van der Waals surface area contributed by atoms with Crippen LogP contribution in [0.15, 0.2) is 24.3 Å². The van der Waals surface area contributed by atoms with E-state index in [1.54, 1.807) is 13.1 Å². The molecular formula is C17H25N7O. The van der Waals surface area contributed by atoms with Crippen molar-refractivity contribution in [3.05, 3.63) is 29.9 Å². The van der Waals surface area contributed by atoms with Crippen molar-refractivity contribution in [3.8, 4) is 0 Å².